The van der Waals surface area contributed by atoms with Crippen molar-refractivity contribution >= 4 is 48.9 Å². The van der Waals surface area contributed by atoms with Gasteiger partial charge in [0, 0.05) is 21.1 Å². The first kappa shape index (κ1) is 13.9. The van der Waals surface area contributed by atoms with Crippen LogP contribution in [0.25, 0.3) is 10.1 Å². The lowest BCUT2D eigenvalue weighted by atomic mass is 10.0. The van der Waals surface area contributed by atoms with Gasteiger partial charge in [-0.3, -0.25) is 4.79 Å². The Bertz CT molecular complexity index is 676. The third-order valence-corrected chi connectivity index (χ3v) is 5.90. The lowest BCUT2D eigenvalue weighted by Crippen LogP contribution is -2.29. The monoisotopic (exact) mass is 352 g/mol. The number of amides is 1. The second-order valence-corrected chi connectivity index (χ2v) is 7.49. The molecule has 1 aliphatic rings. The van der Waals surface area contributed by atoms with Gasteiger partial charge in [-0.2, -0.15) is 0 Å². The molecule has 5 heteroatoms. The van der Waals surface area contributed by atoms with Crippen LogP contribution in [0.15, 0.2) is 22.7 Å². The topological polar surface area (TPSA) is 55.1 Å². The molecule has 0 radical (unpaired) electrons. The van der Waals surface area contributed by atoms with E-state index in [2.05, 4.69) is 28.2 Å². The molecule has 1 amide bonds. The smallest absolute Gasteiger partial charge is 0.263 e. The van der Waals surface area contributed by atoms with Crippen molar-refractivity contribution < 1.29 is 4.79 Å². The van der Waals surface area contributed by atoms with E-state index in [1.54, 1.807) is 0 Å². The number of anilines is 1. The highest BCUT2D eigenvalue weighted by molar-refractivity contribution is 9.10. The second kappa shape index (κ2) is 5.04. The molecular weight excluding hydrogens is 336 g/mol. The average Bonchev–Trinajstić information content (AvgIpc) is 3.16. The molecule has 1 aromatic heterocycles. The van der Waals surface area contributed by atoms with E-state index in [9.17, 15) is 4.79 Å². The van der Waals surface area contributed by atoms with Gasteiger partial charge in [-0.05, 0) is 42.9 Å². The Morgan fingerprint density at radius 3 is 2.90 bits per heavy atom. The fourth-order valence-corrected chi connectivity index (χ4v) is 3.82. The van der Waals surface area contributed by atoms with E-state index in [-0.39, 0.29) is 5.91 Å². The maximum Gasteiger partial charge on any atom is 0.263 e. The minimum Gasteiger partial charge on any atom is -0.397 e. The SMILES string of the molecule is CCC1(CNC(=O)c2sc3ccc(Br)cc3c2N)CC1. The van der Waals surface area contributed by atoms with E-state index >= 15 is 0 Å². The van der Waals surface area contributed by atoms with E-state index < -0.39 is 0 Å². The van der Waals surface area contributed by atoms with Gasteiger partial charge in [0.25, 0.3) is 5.91 Å². The molecule has 3 nitrogen and oxygen atoms in total. The summed E-state index contributed by atoms with van der Waals surface area (Å²) in [5.74, 6) is -0.0421. The van der Waals surface area contributed by atoms with Crippen LogP contribution in [0.2, 0.25) is 0 Å². The molecule has 0 saturated heterocycles. The number of benzene rings is 1. The summed E-state index contributed by atoms with van der Waals surface area (Å²) in [6.45, 7) is 2.95. The maximum absolute atomic E-state index is 12.3. The third-order valence-electron chi connectivity index (χ3n) is 4.23. The summed E-state index contributed by atoms with van der Waals surface area (Å²) in [6, 6.07) is 5.92. The van der Waals surface area contributed by atoms with Gasteiger partial charge < -0.3 is 11.1 Å². The Morgan fingerprint density at radius 2 is 2.25 bits per heavy atom. The second-order valence-electron chi connectivity index (χ2n) is 5.52. The maximum atomic E-state index is 12.3. The Kier molecular flexibility index (Phi) is 3.50. The Morgan fingerprint density at radius 1 is 1.50 bits per heavy atom. The zero-order valence-electron chi connectivity index (χ0n) is 11.3. The minimum atomic E-state index is -0.0421. The summed E-state index contributed by atoms with van der Waals surface area (Å²) in [5, 5.41) is 4.00. The number of hydrogen-bond acceptors (Lipinski definition) is 3. The highest BCUT2D eigenvalue weighted by Gasteiger charge is 2.40. The van der Waals surface area contributed by atoms with Gasteiger partial charge in [0.1, 0.15) is 4.88 Å². The number of carbonyl (C=O) groups is 1. The molecule has 1 aromatic carbocycles. The van der Waals surface area contributed by atoms with Gasteiger partial charge in [0.15, 0.2) is 0 Å². The average molecular weight is 353 g/mol. The largest absolute Gasteiger partial charge is 0.397 e. The fraction of sp³-hybridized carbons (Fsp3) is 0.400. The summed E-state index contributed by atoms with van der Waals surface area (Å²) >= 11 is 4.90. The van der Waals surface area contributed by atoms with Crippen LogP contribution in [0.3, 0.4) is 0 Å². The number of nitrogens with two attached hydrogens (primary N) is 1. The Hall–Kier alpha value is -1.07. The van der Waals surface area contributed by atoms with Crippen LogP contribution >= 0.6 is 27.3 Å². The van der Waals surface area contributed by atoms with E-state index in [1.165, 1.54) is 24.2 Å². The van der Waals surface area contributed by atoms with Gasteiger partial charge in [0.2, 0.25) is 0 Å². The summed E-state index contributed by atoms with van der Waals surface area (Å²) in [4.78, 5) is 12.9. The number of nitrogen functional groups attached to an aromatic ring is 1. The van der Waals surface area contributed by atoms with Crippen molar-refractivity contribution in [1.29, 1.82) is 0 Å². The summed E-state index contributed by atoms with van der Waals surface area (Å²) in [7, 11) is 0. The molecular formula is C15H17BrN2OS. The summed E-state index contributed by atoms with van der Waals surface area (Å²) in [6.07, 6.45) is 3.57. The fourth-order valence-electron chi connectivity index (χ4n) is 2.44. The number of fused-ring (bicyclic) bond motifs is 1. The quantitative estimate of drug-likeness (QED) is 0.867. The normalized spacial score (nSPS) is 16.3. The predicted octanol–water partition coefficient (Wildman–Crippen LogP) is 4.17. The molecule has 1 aliphatic carbocycles. The van der Waals surface area contributed by atoms with Crippen molar-refractivity contribution in [3.05, 3.63) is 27.5 Å². The molecule has 1 saturated carbocycles. The molecule has 3 rings (SSSR count). The first-order valence-corrected chi connectivity index (χ1v) is 8.41. The predicted molar refractivity (Wildman–Crippen MR) is 88.2 cm³/mol. The zero-order chi connectivity index (χ0) is 14.3. The first-order chi connectivity index (χ1) is 9.54. The summed E-state index contributed by atoms with van der Waals surface area (Å²) in [5.41, 5.74) is 7.06. The van der Waals surface area contributed by atoms with Crippen molar-refractivity contribution in [3.8, 4) is 0 Å². The lowest BCUT2D eigenvalue weighted by Gasteiger charge is -2.12. The van der Waals surface area contributed by atoms with Crippen LogP contribution in [0.5, 0.6) is 0 Å². The van der Waals surface area contributed by atoms with E-state index in [4.69, 9.17) is 5.73 Å². The van der Waals surface area contributed by atoms with Crippen molar-refractivity contribution in [1.82, 2.24) is 5.32 Å². The Labute approximate surface area is 130 Å². The van der Waals surface area contributed by atoms with Gasteiger partial charge in [0.05, 0.1) is 5.69 Å². The molecule has 1 heterocycles. The van der Waals surface area contributed by atoms with Crippen molar-refractivity contribution in [2.75, 3.05) is 12.3 Å². The van der Waals surface area contributed by atoms with Crippen molar-refractivity contribution in [2.45, 2.75) is 26.2 Å². The van der Waals surface area contributed by atoms with E-state index in [0.717, 1.165) is 27.5 Å². The van der Waals surface area contributed by atoms with Gasteiger partial charge in [-0.1, -0.05) is 22.9 Å². The van der Waals surface area contributed by atoms with E-state index in [0.29, 0.717) is 16.0 Å². The molecule has 1 fully saturated rings. The highest BCUT2D eigenvalue weighted by Crippen LogP contribution is 2.48. The van der Waals surface area contributed by atoms with Gasteiger partial charge in [-0.15, -0.1) is 11.3 Å². The van der Waals surface area contributed by atoms with Crippen LogP contribution in [-0.4, -0.2) is 12.5 Å². The van der Waals surface area contributed by atoms with Crippen LogP contribution in [0, 0.1) is 5.41 Å². The lowest BCUT2D eigenvalue weighted by molar-refractivity contribution is 0.0949. The van der Waals surface area contributed by atoms with Crippen LogP contribution in [0.1, 0.15) is 35.9 Å². The molecule has 3 N–H and O–H groups in total. The third kappa shape index (κ3) is 2.44. The number of carbonyl (C=O) groups excluding carboxylic acids is 1. The number of nitrogens with one attached hydrogen (secondary N) is 1. The molecule has 2 aromatic rings. The highest BCUT2D eigenvalue weighted by atomic mass is 79.9. The van der Waals surface area contributed by atoms with Crippen LogP contribution in [-0.2, 0) is 0 Å². The number of halogens is 1. The number of thiophene rings is 1. The molecule has 20 heavy (non-hydrogen) atoms. The molecule has 0 bridgehead atoms. The standard InChI is InChI=1S/C15H17BrN2OS/c1-2-15(5-6-15)8-18-14(19)13-12(17)10-7-9(16)3-4-11(10)20-13/h3-4,7H,2,5-6,8,17H2,1H3,(H,18,19). The van der Waals surface area contributed by atoms with Gasteiger partial charge >= 0.3 is 0 Å². The zero-order valence-corrected chi connectivity index (χ0v) is 13.7. The van der Waals surface area contributed by atoms with Crippen LogP contribution in [0.4, 0.5) is 5.69 Å². The first-order valence-electron chi connectivity index (χ1n) is 6.80. The number of hydrogen-bond donors (Lipinski definition) is 2. The minimum absolute atomic E-state index is 0.0421. The molecule has 106 valence electrons. The number of rotatable bonds is 4. The van der Waals surface area contributed by atoms with Gasteiger partial charge in [-0.25, -0.2) is 0 Å². The van der Waals surface area contributed by atoms with E-state index in [1.807, 2.05) is 18.2 Å². The van der Waals surface area contributed by atoms with Crippen LogP contribution < -0.4 is 11.1 Å². The molecule has 0 unspecified atom stereocenters. The van der Waals surface area contributed by atoms with Crippen molar-refractivity contribution in [2.24, 2.45) is 5.41 Å². The molecule has 0 aliphatic heterocycles. The molecule has 0 atom stereocenters. The Balaban J connectivity index is 1.82. The molecule has 0 spiro atoms. The summed E-state index contributed by atoms with van der Waals surface area (Å²) < 4.78 is 2.02. The van der Waals surface area contributed by atoms with Crippen molar-refractivity contribution in [3.63, 3.8) is 0 Å².